The molecule has 1 amide bonds. The average molecular weight is 376 g/mol. The fourth-order valence-electron chi connectivity index (χ4n) is 3.27. The molecule has 0 fully saturated rings. The maximum absolute atomic E-state index is 13.0. The van der Waals surface area contributed by atoms with Gasteiger partial charge >= 0.3 is 0 Å². The summed E-state index contributed by atoms with van der Waals surface area (Å²) in [6.45, 7) is 1.81. The number of aliphatic hydroxyl groups excluding tert-OH is 1. The van der Waals surface area contributed by atoms with Crippen LogP contribution < -0.4 is 4.90 Å². The number of aliphatic hydroxyl groups is 1. The second-order valence-electron chi connectivity index (χ2n) is 6.39. The lowest BCUT2D eigenvalue weighted by molar-refractivity contribution is -0.117. The predicted molar refractivity (Wildman–Crippen MR) is 100 cm³/mol. The summed E-state index contributed by atoms with van der Waals surface area (Å²) in [5, 5.41) is 20.9. The lowest BCUT2D eigenvalue weighted by Crippen LogP contribution is -2.31. The fraction of sp³-hybridized carbons (Fsp3) is 0.0952. The molecule has 0 spiro atoms. The topological polar surface area (TPSA) is 104 Å². The van der Waals surface area contributed by atoms with Crippen LogP contribution in [0.5, 0.6) is 5.75 Å². The van der Waals surface area contributed by atoms with E-state index in [0.29, 0.717) is 5.69 Å². The molecule has 7 heteroatoms. The van der Waals surface area contributed by atoms with Gasteiger partial charge in [-0.05, 0) is 48.9 Å². The first-order valence-corrected chi connectivity index (χ1v) is 8.54. The molecule has 0 saturated heterocycles. The number of aryl methyl sites for hydroxylation is 1. The van der Waals surface area contributed by atoms with Crippen LogP contribution in [0.4, 0.5) is 5.69 Å². The Balaban J connectivity index is 1.92. The summed E-state index contributed by atoms with van der Waals surface area (Å²) >= 11 is 0. The van der Waals surface area contributed by atoms with Gasteiger partial charge in [0, 0.05) is 6.20 Å². The van der Waals surface area contributed by atoms with Gasteiger partial charge in [-0.1, -0.05) is 12.1 Å². The van der Waals surface area contributed by atoms with E-state index < -0.39 is 23.5 Å². The van der Waals surface area contributed by atoms with Crippen LogP contribution in [-0.2, 0) is 4.79 Å². The van der Waals surface area contributed by atoms with Crippen molar-refractivity contribution >= 4 is 17.4 Å². The number of Topliss-reactive ketones (excluding diaryl/α,β-unsaturated/α-hetero) is 1. The van der Waals surface area contributed by atoms with E-state index in [2.05, 4.69) is 4.98 Å². The van der Waals surface area contributed by atoms with E-state index in [0.717, 1.165) is 5.56 Å². The monoisotopic (exact) mass is 376 g/mol. The molecule has 1 aliphatic heterocycles. The van der Waals surface area contributed by atoms with Crippen LogP contribution >= 0.6 is 0 Å². The minimum Gasteiger partial charge on any atom is -0.506 e. The molecule has 140 valence electrons. The van der Waals surface area contributed by atoms with Crippen molar-refractivity contribution in [3.05, 3.63) is 89.3 Å². The fourth-order valence-corrected chi connectivity index (χ4v) is 3.27. The molecule has 1 aromatic carbocycles. The van der Waals surface area contributed by atoms with Gasteiger partial charge in [-0.2, -0.15) is 0 Å². The van der Waals surface area contributed by atoms with Crippen LogP contribution in [-0.4, -0.2) is 26.9 Å². The van der Waals surface area contributed by atoms with Crippen LogP contribution in [0.25, 0.3) is 0 Å². The number of furan rings is 1. The highest BCUT2D eigenvalue weighted by Gasteiger charge is 2.46. The summed E-state index contributed by atoms with van der Waals surface area (Å²) in [4.78, 5) is 31.4. The van der Waals surface area contributed by atoms with Crippen LogP contribution in [0.1, 0.15) is 27.9 Å². The molecule has 0 saturated carbocycles. The Kier molecular flexibility index (Phi) is 4.19. The third-order valence-electron chi connectivity index (χ3n) is 4.56. The predicted octanol–water partition coefficient (Wildman–Crippen LogP) is 3.47. The number of carbonyl (C=O) groups is 2. The number of hydrogen-bond donors (Lipinski definition) is 2. The van der Waals surface area contributed by atoms with Crippen LogP contribution in [0.15, 0.2) is 76.7 Å². The number of hydrogen-bond acceptors (Lipinski definition) is 6. The molecular weight excluding hydrogens is 360 g/mol. The molecule has 7 nitrogen and oxygen atoms in total. The number of nitrogens with zero attached hydrogens (tertiary/aromatic N) is 2. The number of benzene rings is 1. The van der Waals surface area contributed by atoms with E-state index in [9.17, 15) is 19.8 Å². The van der Waals surface area contributed by atoms with Crippen molar-refractivity contribution in [1.82, 2.24) is 4.98 Å². The van der Waals surface area contributed by atoms with E-state index in [1.54, 1.807) is 36.4 Å². The van der Waals surface area contributed by atoms with Crippen molar-refractivity contribution in [3.63, 3.8) is 0 Å². The van der Waals surface area contributed by atoms with Crippen molar-refractivity contribution < 1.29 is 24.2 Å². The normalized spacial score (nSPS) is 16.7. The van der Waals surface area contributed by atoms with Crippen molar-refractivity contribution in [3.8, 4) is 5.75 Å². The number of phenolic OH excluding ortho intramolecular Hbond substituents is 1. The molecule has 0 aliphatic carbocycles. The van der Waals surface area contributed by atoms with Gasteiger partial charge in [-0.15, -0.1) is 0 Å². The number of aromatic hydroxyl groups is 1. The van der Waals surface area contributed by atoms with Gasteiger partial charge in [0.2, 0.25) is 5.78 Å². The number of ketones is 1. The minimum atomic E-state index is -1.01. The molecule has 28 heavy (non-hydrogen) atoms. The molecule has 1 unspecified atom stereocenters. The largest absolute Gasteiger partial charge is 0.506 e. The highest BCUT2D eigenvalue weighted by Crippen LogP contribution is 2.44. The zero-order valence-corrected chi connectivity index (χ0v) is 14.9. The smallest absolute Gasteiger partial charge is 0.294 e. The number of rotatable bonds is 4. The Morgan fingerprint density at radius 1 is 1.14 bits per heavy atom. The number of carbonyl (C=O) groups excluding carboxylic acids is 2. The third-order valence-corrected chi connectivity index (χ3v) is 4.56. The maximum atomic E-state index is 13.0. The summed E-state index contributed by atoms with van der Waals surface area (Å²) in [7, 11) is 0. The summed E-state index contributed by atoms with van der Waals surface area (Å²) in [6.07, 6.45) is 2.86. The van der Waals surface area contributed by atoms with Crippen LogP contribution in [0.3, 0.4) is 0 Å². The van der Waals surface area contributed by atoms with Gasteiger partial charge in [0.1, 0.15) is 11.8 Å². The SMILES string of the molecule is Cc1ccc(O)c(N2C(=O)C(O)=C(C(=O)c3ccco3)C2c2ccccn2)c1. The number of phenols is 1. The summed E-state index contributed by atoms with van der Waals surface area (Å²) in [5.41, 5.74) is 1.19. The van der Waals surface area contributed by atoms with Crippen molar-refractivity contribution in [1.29, 1.82) is 0 Å². The highest BCUT2D eigenvalue weighted by atomic mass is 16.3. The number of pyridine rings is 1. The lowest BCUT2D eigenvalue weighted by atomic mass is 9.98. The summed E-state index contributed by atoms with van der Waals surface area (Å²) in [5.74, 6) is -2.28. The number of anilines is 1. The molecule has 4 rings (SSSR count). The number of amides is 1. The first kappa shape index (κ1) is 17.5. The first-order chi connectivity index (χ1) is 13.5. The Morgan fingerprint density at radius 2 is 1.96 bits per heavy atom. The molecule has 3 heterocycles. The average Bonchev–Trinajstić information content (AvgIpc) is 3.32. The Labute approximate surface area is 160 Å². The second-order valence-corrected chi connectivity index (χ2v) is 6.39. The zero-order chi connectivity index (χ0) is 19.8. The molecule has 0 bridgehead atoms. The van der Waals surface area contributed by atoms with Crippen molar-refractivity contribution in [2.45, 2.75) is 13.0 Å². The zero-order valence-electron chi connectivity index (χ0n) is 14.9. The lowest BCUT2D eigenvalue weighted by Gasteiger charge is -2.26. The van der Waals surface area contributed by atoms with Gasteiger partial charge in [0.05, 0.1) is 23.2 Å². The third kappa shape index (κ3) is 2.73. The van der Waals surface area contributed by atoms with E-state index >= 15 is 0 Å². The molecule has 2 N–H and O–H groups in total. The van der Waals surface area contributed by atoms with Crippen LogP contribution in [0.2, 0.25) is 0 Å². The van der Waals surface area contributed by atoms with Crippen molar-refractivity contribution in [2.24, 2.45) is 0 Å². The van der Waals surface area contributed by atoms with E-state index in [1.807, 2.05) is 6.92 Å². The van der Waals surface area contributed by atoms with Gasteiger partial charge in [0.25, 0.3) is 5.91 Å². The van der Waals surface area contributed by atoms with Gasteiger partial charge in [-0.3, -0.25) is 19.5 Å². The van der Waals surface area contributed by atoms with Gasteiger partial charge < -0.3 is 14.6 Å². The minimum absolute atomic E-state index is 0.00871. The van der Waals surface area contributed by atoms with Gasteiger partial charge in [0.15, 0.2) is 11.5 Å². The highest BCUT2D eigenvalue weighted by molar-refractivity contribution is 6.20. The Hall–Kier alpha value is -3.87. The standard InChI is InChI=1S/C21H16N2O5/c1-12-7-8-15(24)14(11-12)23-18(13-5-2-3-9-22-13)17(20(26)21(23)27)19(25)16-6-4-10-28-16/h2-11,18,24,26H,1H3. The molecular formula is C21H16N2O5. The second kappa shape index (κ2) is 6.70. The van der Waals surface area contributed by atoms with E-state index in [1.165, 1.54) is 29.5 Å². The Morgan fingerprint density at radius 3 is 2.64 bits per heavy atom. The van der Waals surface area contributed by atoms with E-state index in [-0.39, 0.29) is 22.8 Å². The van der Waals surface area contributed by atoms with Crippen LogP contribution in [0, 0.1) is 6.92 Å². The van der Waals surface area contributed by atoms with Gasteiger partial charge in [-0.25, -0.2) is 0 Å². The Bertz CT molecular complexity index is 1090. The molecule has 0 radical (unpaired) electrons. The quantitative estimate of drug-likeness (QED) is 0.676. The molecule has 1 atom stereocenters. The molecule has 3 aromatic rings. The number of aromatic nitrogens is 1. The summed E-state index contributed by atoms with van der Waals surface area (Å²) in [6, 6.07) is 11.8. The summed E-state index contributed by atoms with van der Waals surface area (Å²) < 4.78 is 5.16. The van der Waals surface area contributed by atoms with Crippen molar-refractivity contribution in [2.75, 3.05) is 4.90 Å². The molecule has 1 aliphatic rings. The molecule has 2 aromatic heterocycles. The maximum Gasteiger partial charge on any atom is 0.294 e. The van der Waals surface area contributed by atoms with E-state index in [4.69, 9.17) is 4.42 Å². The first-order valence-electron chi connectivity index (χ1n) is 8.54.